The third-order valence-corrected chi connectivity index (χ3v) is 13.2. The van der Waals surface area contributed by atoms with E-state index in [0.29, 0.717) is 0 Å². The second kappa shape index (κ2) is 13.2. The van der Waals surface area contributed by atoms with E-state index in [2.05, 4.69) is 219 Å². The molecule has 0 unspecified atom stereocenters. The molecule has 1 aromatic heterocycles. The first-order chi connectivity index (χ1) is 28.0. The van der Waals surface area contributed by atoms with Gasteiger partial charge in [-0.1, -0.05) is 153 Å². The van der Waals surface area contributed by atoms with E-state index in [1.807, 2.05) is 11.3 Å². The highest BCUT2D eigenvalue weighted by Crippen LogP contribution is 2.51. The van der Waals surface area contributed by atoms with E-state index in [0.717, 1.165) is 17.1 Å². The van der Waals surface area contributed by atoms with E-state index in [1.165, 1.54) is 86.6 Å². The number of thiophene rings is 1. The van der Waals surface area contributed by atoms with Gasteiger partial charge in [0.15, 0.2) is 0 Å². The van der Waals surface area contributed by atoms with Crippen molar-refractivity contribution >= 4 is 59.3 Å². The lowest BCUT2D eigenvalue weighted by molar-refractivity contribution is 0.660. The van der Waals surface area contributed by atoms with Gasteiger partial charge < -0.3 is 4.90 Å². The third kappa shape index (κ3) is 5.59. The van der Waals surface area contributed by atoms with E-state index >= 15 is 0 Å². The molecule has 0 atom stereocenters. The molecule has 270 valence electrons. The summed E-state index contributed by atoms with van der Waals surface area (Å²) in [7, 11) is 0. The van der Waals surface area contributed by atoms with Crippen LogP contribution in [0.2, 0.25) is 0 Å². The molecule has 0 saturated carbocycles. The number of benzene rings is 9. The van der Waals surface area contributed by atoms with Gasteiger partial charge in [-0.3, -0.25) is 0 Å². The van der Waals surface area contributed by atoms with Crippen LogP contribution in [0.15, 0.2) is 200 Å². The Morgan fingerprint density at radius 2 is 0.947 bits per heavy atom. The maximum Gasteiger partial charge on any atom is 0.0465 e. The molecule has 1 heterocycles. The molecule has 0 fully saturated rings. The van der Waals surface area contributed by atoms with Crippen molar-refractivity contribution in [1.82, 2.24) is 0 Å². The van der Waals surface area contributed by atoms with Crippen molar-refractivity contribution in [3.63, 3.8) is 0 Å². The molecular formula is C55H39NS. The van der Waals surface area contributed by atoms with Gasteiger partial charge in [0.05, 0.1) is 0 Å². The second-order valence-electron chi connectivity index (χ2n) is 15.7. The number of hydrogen-bond acceptors (Lipinski definition) is 2. The summed E-state index contributed by atoms with van der Waals surface area (Å²) < 4.78 is 2.63. The van der Waals surface area contributed by atoms with Crippen LogP contribution in [0.25, 0.3) is 75.5 Å². The summed E-state index contributed by atoms with van der Waals surface area (Å²) in [5, 5.41) is 5.15. The minimum atomic E-state index is -0.101. The fourth-order valence-corrected chi connectivity index (χ4v) is 10.2. The van der Waals surface area contributed by atoms with Gasteiger partial charge in [0.1, 0.15) is 0 Å². The normalized spacial score (nSPS) is 12.9. The molecule has 10 aromatic rings. The van der Waals surface area contributed by atoms with E-state index in [4.69, 9.17) is 0 Å². The zero-order chi connectivity index (χ0) is 38.1. The first-order valence-electron chi connectivity index (χ1n) is 19.7. The molecule has 0 bridgehead atoms. The molecule has 9 aromatic carbocycles. The Hall–Kier alpha value is -6.74. The van der Waals surface area contributed by atoms with Crippen molar-refractivity contribution < 1.29 is 0 Å². The lowest BCUT2D eigenvalue weighted by Crippen LogP contribution is -2.16. The van der Waals surface area contributed by atoms with Crippen molar-refractivity contribution in [1.29, 1.82) is 0 Å². The molecule has 57 heavy (non-hydrogen) atoms. The van der Waals surface area contributed by atoms with Crippen molar-refractivity contribution in [2.45, 2.75) is 19.3 Å². The molecule has 1 nitrogen and oxygen atoms in total. The Balaban J connectivity index is 1.04. The summed E-state index contributed by atoms with van der Waals surface area (Å²) in [6.07, 6.45) is 0. The molecule has 0 N–H and O–H groups in total. The molecule has 1 aliphatic rings. The average molecular weight is 746 g/mol. The van der Waals surface area contributed by atoms with E-state index in [-0.39, 0.29) is 5.41 Å². The van der Waals surface area contributed by atoms with Gasteiger partial charge in [-0.15, -0.1) is 11.3 Å². The smallest absolute Gasteiger partial charge is 0.0465 e. The first-order valence-corrected chi connectivity index (χ1v) is 20.6. The summed E-state index contributed by atoms with van der Waals surface area (Å²) >= 11 is 1.87. The number of nitrogens with zero attached hydrogens (tertiary/aromatic N) is 1. The van der Waals surface area contributed by atoms with Gasteiger partial charge in [-0.2, -0.15) is 0 Å². The van der Waals surface area contributed by atoms with Crippen LogP contribution >= 0.6 is 11.3 Å². The number of anilines is 3. The van der Waals surface area contributed by atoms with Gasteiger partial charge in [0.25, 0.3) is 0 Å². The number of hydrogen-bond donors (Lipinski definition) is 0. The molecule has 0 aliphatic heterocycles. The van der Waals surface area contributed by atoms with Gasteiger partial charge in [-0.05, 0) is 127 Å². The Morgan fingerprint density at radius 1 is 0.351 bits per heavy atom. The standard InChI is InChI=1S/C55H39NS/c1-55(2)51-18-10-8-16-45(51)46-31-30-44(33-52(46)55)56(42-26-22-37(23-27-42)41-21-20-36-12-6-7-15-40(36)32-41)43-28-24-39(25-29-43)49-35-54-50(47-17-9-11-19-53(47)57-54)34-48(49)38-13-4-3-5-14-38/h3-35H,1-2H3. The second-order valence-corrected chi connectivity index (χ2v) is 16.8. The quantitative estimate of drug-likeness (QED) is 0.164. The van der Waals surface area contributed by atoms with Crippen molar-refractivity contribution in [2.75, 3.05) is 4.90 Å². The van der Waals surface area contributed by atoms with Gasteiger partial charge in [0.2, 0.25) is 0 Å². The van der Waals surface area contributed by atoms with E-state index in [1.54, 1.807) is 0 Å². The zero-order valence-corrected chi connectivity index (χ0v) is 32.7. The molecule has 2 heteroatoms. The highest BCUT2D eigenvalue weighted by molar-refractivity contribution is 7.25. The van der Waals surface area contributed by atoms with Crippen LogP contribution in [0.5, 0.6) is 0 Å². The Labute approximate surface area is 337 Å². The maximum atomic E-state index is 2.42. The van der Waals surface area contributed by atoms with Crippen molar-refractivity contribution in [3.05, 3.63) is 211 Å². The Morgan fingerprint density at radius 3 is 1.75 bits per heavy atom. The SMILES string of the molecule is CC1(C)c2ccccc2-c2ccc(N(c3ccc(-c4ccc5ccccc5c4)cc3)c3ccc(-c4cc5sc6ccccc6c5cc4-c4ccccc4)cc3)cc21. The predicted octanol–water partition coefficient (Wildman–Crippen LogP) is 16.0. The van der Waals surface area contributed by atoms with Crippen LogP contribution in [0, 0.1) is 0 Å². The largest absolute Gasteiger partial charge is 0.310 e. The Kier molecular flexibility index (Phi) is 7.77. The van der Waals surface area contributed by atoms with Crippen molar-refractivity contribution in [2.24, 2.45) is 0 Å². The summed E-state index contributed by atoms with van der Waals surface area (Å²) in [6, 6.07) is 73.9. The van der Waals surface area contributed by atoms with Crippen LogP contribution < -0.4 is 4.90 Å². The highest BCUT2D eigenvalue weighted by Gasteiger charge is 2.35. The molecule has 0 amide bonds. The topological polar surface area (TPSA) is 3.24 Å². The summed E-state index contributed by atoms with van der Waals surface area (Å²) in [4.78, 5) is 2.42. The highest BCUT2D eigenvalue weighted by atomic mass is 32.1. The molecule has 0 spiro atoms. The molecule has 1 aliphatic carbocycles. The van der Waals surface area contributed by atoms with E-state index < -0.39 is 0 Å². The summed E-state index contributed by atoms with van der Waals surface area (Å²) in [6.45, 7) is 4.72. The third-order valence-electron chi connectivity index (χ3n) is 12.1. The zero-order valence-electron chi connectivity index (χ0n) is 31.9. The molecule has 0 saturated heterocycles. The average Bonchev–Trinajstić information content (AvgIpc) is 3.75. The lowest BCUT2D eigenvalue weighted by atomic mass is 9.82. The first kappa shape index (κ1) is 33.6. The minimum Gasteiger partial charge on any atom is -0.310 e. The van der Waals surface area contributed by atoms with Crippen LogP contribution in [0.1, 0.15) is 25.0 Å². The van der Waals surface area contributed by atoms with Crippen LogP contribution in [0.4, 0.5) is 17.1 Å². The van der Waals surface area contributed by atoms with Crippen molar-refractivity contribution in [3.8, 4) is 44.5 Å². The van der Waals surface area contributed by atoms with Gasteiger partial charge in [-0.25, -0.2) is 0 Å². The molecule has 11 rings (SSSR count). The lowest BCUT2D eigenvalue weighted by Gasteiger charge is -2.28. The van der Waals surface area contributed by atoms with Gasteiger partial charge >= 0.3 is 0 Å². The fraction of sp³-hybridized carbons (Fsp3) is 0.0545. The molecular weight excluding hydrogens is 707 g/mol. The summed E-state index contributed by atoms with van der Waals surface area (Å²) in [5.74, 6) is 0. The van der Waals surface area contributed by atoms with Gasteiger partial charge in [0, 0.05) is 42.6 Å². The predicted molar refractivity (Wildman–Crippen MR) is 245 cm³/mol. The minimum absolute atomic E-state index is 0.101. The summed E-state index contributed by atoms with van der Waals surface area (Å²) in [5.41, 5.74) is 16.1. The van der Waals surface area contributed by atoms with Crippen LogP contribution in [-0.2, 0) is 5.41 Å². The fourth-order valence-electron chi connectivity index (χ4n) is 9.11. The number of fused-ring (bicyclic) bond motifs is 7. The van der Waals surface area contributed by atoms with Crippen LogP contribution in [0.3, 0.4) is 0 Å². The number of rotatable bonds is 6. The monoisotopic (exact) mass is 745 g/mol. The van der Waals surface area contributed by atoms with E-state index in [9.17, 15) is 0 Å². The molecule has 0 radical (unpaired) electrons. The maximum absolute atomic E-state index is 2.42. The van der Waals surface area contributed by atoms with Crippen LogP contribution in [-0.4, -0.2) is 0 Å². The Bertz CT molecular complexity index is 3130.